The largest absolute Gasteiger partial charge is 0.465 e. The fourth-order valence-electron chi connectivity index (χ4n) is 3.11. The summed E-state index contributed by atoms with van der Waals surface area (Å²) in [7, 11) is 0. The minimum Gasteiger partial charge on any atom is -0.465 e. The number of rotatable bonds is 5. The molecule has 0 bridgehead atoms. The van der Waals surface area contributed by atoms with Crippen LogP contribution >= 0.6 is 23.4 Å². The van der Waals surface area contributed by atoms with Crippen LogP contribution in [0.3, 0.4) is 0 Å². The maximum Gasteiger partial charge on any atom is 0.247 e. The van der Waals surface area contributed by atoms with Crippen LogP contribution < -0.4 is 10.1 Å². The SMILES string of the molecule is Clc1ccc(CSc2nnc3c(n2)O[C@@H](/C=C/c2ccco2)Nc2ccccc2-3)cc1. The number of hydrogen-bond donors (Lipinski definition) is 1. The molecule has 0 amide bonds. The van der Waals surface area contributed by atoms with Crippen molar-refractivity contribution in [3.8, 4) is 17.1 Å². The highest BCUT2D eigenvalue weighted by Crippen LogP contribution is 2.36. The smallest absolute Gasteiger partial charge is 0.247 e. The van der Waals surface area contributed by atoms with Crippen molar-refractivity contribution in [1.29, 1.82) is 0 Å². The van der Waals surface area contributed by atoms with Gasteiger partial charge in [0.15, 0.2) is 11.9 Å². The van der Waals surface area contributed by atoms with Crippen molar-refractivity contribution in [3.05, 3.63) is 89.3 Å². The van der Waals surface area contributed by atoms with Gasteiger partial charge in [-0.1, -0.05) is 53.7 Å². The van der Waals surface area contributed by atoms with Gasteiger partial charge < -0.3 is 14.5 Å². The van der Waals surface area contributed by atoms with Crippen molar-refractivity contribution in [1.82, 2.24) is 15.2 Å². The predicted molar refractivity (Wildman–Crippen MR) is 122 cm³/mol. The van der Waals surface area contributed by atoms with Gasteiger partial charge in [-0.2, -0.15) is 4.98 Å². The summed E-state index contributed by atoms with van der Waals surface area (Å²) in [6.45, 7) is 0. The first-order chi connectivity index (χ1) is 15.2. The molecule has 1 atom stereocenters. The lowest BCUT2D eigenvalue weighted by Crippen LogP contribution is -2.23. The average molecular weight is 449 g/mol. The lowest BCUT2D eigenvalue weighted by Gasteiger charge is -2.15. The van der Waals surface area contributed by atoms with Gasteiger partial charge >= 0.3 is 0 Å². The molecule has 0 radical (unpaired) electrons. The highest BCUT2D eigenvalue weighted by molar-refractivity contribution is 7.98. The number of para-hydroxylation sites is 1. The standard InChI is InChI=1S/C23H17ClN4O2S/c24-16-9-7-15(8-10-16)14-31-23-26-22-21(27-28-23)18-5-1-2-6-19(18)25-20(30-22)12-11-17-4-3-13-29-17/h1-13,20,25H,14H2/b12-11+/t20-/m0/s1. The normalized spacial score (nSPS) is 14.9. The number of fused-ring (bicyclic) bond motifs is 3. The molecule has 1 N–H and O–H groups in total. The third-order valence-electron chi connectivity index (χ3n) is 4.61. The van der Waals surface area contributed by atoms with E-state index in [0.29, 0.717) is 27.5 Å². The third kappa shape index (κ3) is 4.57. The van der Waals surface area contributed by atoms with Crippen LogP contribution in [0.2, 0.25) is 5.02 Å². The number of furan rings is 1. The molecular weight excluding hydrogens is 432 g/mol. The second kappa shape index (κ2) is 8.83. The van der Waals surface area contributed by atoms with Gasteiger partial charge in [0.1, 0.15) is 5.76 Å². The van der Waals surface area contributed by atoms with Crippen molar-refractivity contribution in [3.63, 3.8) is 0 Å². The molecule has 5 rings (SSSR count). The topological polar surface area (TPSA) is 73.1 Å². The number of benzene rings is 2. The molecule has 8 heteroatoms. The average Bonchev–Trinajstić information content (AvgIpc) is 3.26. The Bertz CT molecular complexity index is 1210. The monoisotopic (exact) mass is 448 g/mol. The molecule has 0 aliphatic carbocycles. The number of nitrogens with one attached hydrogen (secondary N) is 1. The van der Waals surface area contributed by atoms with Crippen molar-refractivity contribution in [2.75, 3.05) is 5.32 Å². The molecule has 0 unspecified atom stereocenters. The number of hydrogen-bond acceptors (Lipinski definition) is 7. The Labute approximate surface area is 188 Å². The molecule has 1 aliphatic rings. The van der Waals surface area contributed by atoms with E-state index in [9.17, 15) is 0 Å². The van der Waals surface area contributed by atoms with E-state index in [2.05, 4.69) is 20.5 Å². The van der Waals surface area contributed by atoms with E-state index in [-0.39, 0.29) is 0 Å². The van der Waals surface area contributed by atoms with E-state index in [1.807, 2.05) is 72.8 Å². The number of ether oxygens (including phenoxy) is 1. The third-order valence-corrected chi connectivity index (χ3v) is 5.77. The van der Waals surface area contributed by atoms with E-state index in [1.165, 1.54) is 11.8 Å². The molecule has 0 saturated carbocycles. The molecule has 2 aromatic heterocycles. The summed E-state index contributed by atoms with van der Waals surface area (Å²) in [6.07, 6.45) is 4.93. The summed E-state index contributed by atoms with van der Waals surface area (Å²) in [5, 5.41) is 13.4. The second-order valence-electron chi connectivity index (χ2n) is 6.77. The van der Waals surface area contributed by atoms with E-state index in [1.54, 1.807) is 6.26 Å². The van der Waals surface area contributed by atoms with Gasteiger partial charge in [-0.05, 0) is 48.0 Å². The van der Waals surface area contributed by atoms with Crippen LogP contribution in [0.5, 0.6) is 5.88 Å². The second-order valence-corrected chi connectivity index (χ2v) is 8.15. The zero-order valence-corrected chi connectivity index (χ0v) is 17.8. The Morgan fingerprint density at radius 1 is 1.03 bits per heavy atom. The first-order valence-electron chi connectivity index (χ1n) is 9.61. The van der Waals surface area contributed by atoms with Crippen molar-refractivity contribution in [2.45, 2.75) is 17.1 Å². The Morgan fingerprint density at radius 3 is 2.74 bits per heavy atom. The molecule has 0 saturated heterocycles. The maximum absolute atomic E-state index is 6.16. The molecule has 4 aromatic rings. The predicted octanol–water partition coefficient (Wildman–Crippen LogP) is 5.92. The van der Waals surface area contributed by atoms with Gasteiger partial charge in [0.2, 0.25) is 11.0 Å². The first-order valence-corrected chi connectivity index (χ1v) is 11.0. The number of anilines is 1. The minimum absolute atomic E-state index is 0.431. The van der Waals surface area contributed by atoms with Gasteiger partial charge in [-0.3, -0.25) is 0 Å². The quantitative estimate of drug-likeness (QED) is 0.380. The van der Waals surface area contributed by atoms with Gasteiger partial charge in [0, 0.05) is 22.0 Å². The maximum atomic E-state index is 6.16. The summed E-state index contributed by atoms with van der Waals surface area (Å²) >= 11 is 7.45. The first kappa shape index (κ1) is 19.7. The van der Waals surface area contributed by atoms with E-state index in [0.717, 1.165) is 22.6 Å². The molecule has 6 nitrogen and oxygen atoms in total. The fourth-order valence-corrected chi connectivity index (χ4v) is 3.97. The summed E-state index contributed by atoms with van der Waals surface area (Å²) < 4.78 is 11.5. The number of aromatic nitrogens is 3. The van der Waals surface area contributed by atoms with Crippen LogP contribution in [0.4, 0.5) is 5.69 Å². The zero-order valence-electron chi connectivity index (χ0n) is 16.2. The van der Waals surface area contributed by atoms with E-state index < -0.39 is 6.23 Å². The Morgan fingerprint density at radius 2 is 1.90 bits per heavy atom. The zero-order chi connectivity index (χ0) is 21.0. The van der Waals surface area contributed by atoms with Crippen LogP contribution in [-0.4, -0.2) is 21.4 Å². The summed E-state index contributed by atoms with van der Waals surface area (Å²) in [5.74, 6) is 1.87. The highest BCUT2D eigenvalue weighted by Gasteiger charge is 2.23. The van der Waals surface area contributed by atoms with Gasteiger partial charge in [0.25, 0.3) is 0 Å². The fraction of sp³-hybridized carbons (Fsp3) is 0.0870. The summed E-state index contributed by atoms with van der Waals surface area (Å²) in [6, 6.07) is 19.3. The van der Waals surface area contributed by atoms with Crippen LogP contribution in [0.1, 0.15) is 11.3 Å². The van der Waals surface area contributed by atoms with Crippen molar-refractivity contribution < 1.29 is 9.15 Å². The molecule has 3 heterocycles. The number of thioether (sulfide) groups is 1. The molecule has 0 fully saturated rings. The van der Waals surface area contributed by atoms with Crippen LogP contribution in [0.25, 0.3) is 17.3 Å². The molecule has 2 aromatic carbocycles. The molecule has 0 spiro atoms. The Hall–Kier alpha value is -3.29. The van der Waals surface area contributed by atoms with Crippen molar-refractivity contribution in [2.24, 2.45) is 0 Å². The Kier molecular flexibility index (Phi) is 5.60. The molecular formula is C23H17ClN4O2S. The lowest BCUT2D eigenvalue weighted by molar-refractivity contribution is 0.266. The number of halogens is 1. The van der Waals surface area contributed by atoms with Gasteiger partial charge in [-0.25, -0.2) is 0 Å². The Balaban J connectivity index is 1.43. The molecule has 1 aliphatic heterocycles. The van der Waals surface area contributed by atoms with E-state index >= 15 is 0 Å². The van der Waals surface area contributed by atoms with Gasteiger partial charge in [-0.15, -0.1) is 10.2 Å². The summed E-state index contributed by atoms with van der Waals surface area (Å²) in [5.41, 5.74) is 3.52. The van der Waals surface area contributed by atoms with Crippen LogP contribution in [0.15, 0.2) is 82.6 Å². The summed E-state index contributed by atoms with van der Waals surface area (Å²) in [4.78, 5) is 4.64. The van der Waals surface area contributed by atoms with Crippen LogP contribution in [-0.2, 0) is 5.75 Å². The lowest BCUT2D eigenvalue weighted by atomic mass is 10.1. The van der Waals surface area contributed by atoms with E-state index in [4.69, 9.17) is 20.8 Å². The van der Waals surface area contributed by atoms with Crippen molar-refractivity contribution >= 4 is 35.1 Å². The highest BCUT2D eigenvalue weighted by atomic mass is 35.5. The molecule has 154 valence electrons. The molecule has 31 heavy (non-hydrogen) atoms. The van der Waals surface area contributed by atoms with Gasteiger partial charge in [0.05, 0.1) is 6.26 Å². The minimum atomic E-state index is -0.446. The number of nitrogens with zero attached hydrogens (tertiary/aromatic N) is 3. The van der Waals surface area contributed by atoms with Crippen LogP contribution in [0, 0.1) is 0 Å².